The van der Waals surface area contributed by atoms with E-state index in [0.29, 0.717) is 0 Å². The summed E-state index contributed by atoms with van der Waals surface area (Å²) in [5.41, 5.74) is 9.54. The third-order valence-electron chi connectivity index (χ3n) is 7.59. The molecule has 0 saturated carbocycles. The number of imidazole rings is 1. The number of hydrogen-bond acceptors (Lipinski definition) is 3. The van der Waals surface area contributed by atoms with Crippen molar-refractivity contribution < 1.29 is 4.39 Å². The van der Waals surface area contributed by atoms with Crippen LogP contribution < -0.4 is 0 Å². The van der Waals surface area contributed by atoms with E-state index >= 15 is 0 Å². The van der Waals surface area contributed by atoms with Crippen molar-refractivity contribution in [2.24, 2.45) is 4.99 Å². The fourth-order valence-electron chi connectivity index (χ4n) is 5.72. The van der Waals surface area contributed by atoms with Crippen molar-refractivity contribution >= 4 is 16.7 Å². The van der Waals surface area contributed by atoms with Crippen molar-refractivity contribution in [3.8, 4) is 0 Å². The van der Waals surface area contributed by atoms with Gasteiger partial charge in [0.2, 0.25) is 0 Å². The van der Waals surface area contributed by atoms with E-state index < -0.39 is 6.30 Å². The molecule has 2 heterocycles. The van der Waals surface area contributed by atoms with E-state index in [2.05, 4.69) is 67.8 Å². The molecule has 0 aliphatic carbocycles. The zero-order chi connectivity index (χ0) is 26.8. The number of benzene rings is 3. The Morgan fingerprint density at radius 2 is 1.68 bits per heavy atom. The summed E-state index contributed by atoms with van der Waals surface area (Å²) >= 11 is 0. The first-order chi connectivity index (χ1) is 18.3. The first-order valence-corrected chi connectivity index (χ1v) is 13.5. The Balaban J connectivity index is 1.31. The molecule has 1 unspecified atom stereocenters. The molecule has 0 bridgehead atoms. The average molecular weight is 509 g/mol. The molecule has 3 aromatic carbocycles. The van der Waals surface area contributed by atoms with Gasteiger partial charge in [0.05, 0.1) is 16.7 Å². The summed E-state index contributed by atoms with van der Waals surface area (Å²) in [5.74, 6) is 1.16. The normalized spacial score (nSPS) is 16.2. The topological polar surface area (TPSA) is 33.4 Å². The molecule has 0 N–H and O–H groups in total. The van der Waals surface area contributed by atoms with Gasteiger partial charge in [-0.3, -0.25) is 14.5 Å². The summed E-state index contributed by atoms with van der Waals surface area (Å²) in [6.45, 7) is 14.7. The maximum Gasteiger partial charge on any atom is 0.174 e. The number of fused-ring (bicyclic) bond motifs is 1. The van der Waals surface area contributed by atoms with E-state index in [-0.39, 0.29) is 5.92 Å². The van der Waals surface area contributed by atoms with Crippen LogP contribution in [0.4, 0.5) is 4.39 Å². The number of aliphatic imine (C=N–C) groups is 1. The molecular formula is C33H37FN4. The van der Waals surface area contributed by atoms with Crippen LogP contribution in [0.2, 0.25) is 0 Å². The number of rotatable bonds is 7. The van der Waals surface area contributed by atoms with Crippen LogP contribution in [0.5, 0.6) is 0 Å². The molecule has 5 heteroatoms. The number of allylic oxidation sites excluding steroid dienone is 1. The number of halogens is 1. The molecule has 1 atom stereocenters. The minimum atomic E-state index is -1.09. The lowest BCUT2D eigenvalue weighted by Crippen LogP contribution is -2.33. The van der Waals surface area contributed by atoms with Crippen molar-refractivity contribution in [1.29, 1.82) is 0 Å². The van der Waals surface area contributed by atoms with Crippen LogP contribution in [0.25, 0.3) is 11.0 Å². The Hall–Kier alpha value is -3.57. The molecule has 1 aliphatic rings. The van der Waals surface area contributed by atoms with Crippen LogP contribution in [0.3, 0.4) is 0 Å². The van der Waals surface area contributed by atoms with E-state index in [1.54, 1.807) is 11.5 Å². The van der Waals surface area contributed by atoms with Crippen molar-refractivity contribution in [1.82, 2.24) is 14.5 Å². The van der Waals surface area contributed by atoms with Gasteiger partial charge in [-0.2, -0.15) is 0 Å². The smallest absolute Gasteiger partial charge is 0.174 e. The fourth-order valence-corrected chi connectivity index (χ4v) is 5.72. The van der Waals surface area contributed by atoms with Crippen molar-refractivity contribution in [3.63, 3.8) is 0 Å². The molecule has 4 aromatic rings. The van der Waals surface area contributed by atoms with Gasteiger partial charge in [0.25, 0.3) is 0 Å². The van der Waals surface area contributed by atoms with E-state index in [9.17, 15) is 4.39 Å². The molecule has 1 fully saturated rings. The summed E-state index contributed by atoms with van der Waals surface area (Å²) < 4.78 is 16.4. The summed E-state index contributed by atoms with van der Waals surface area (Å²) in [4.78, 5) is 12.2. The molecule has 0 amide bonds. The molecule has 0 spiro atoms. The predicted octanol–water partition coefficient (Wildman–Crippen LogP) is 7.89. The third kappa shape index (κ3) is 5.34. The van der Waals surface area contributed by atoms with Crippen LogP contribution in [0.15, 0.2) is 84.0 Å². The van der Waals surface area contributed by atoms with Gasteiger partial charge in [-0.15, -0.1) is 0 Å². The van der Waals surface area contributed by atoms with Gasteiger partial charge in [0.15, 0.2) is 6.30 Å². The van der Waals surface area contributed by atoms with Gasteiger partial charge in [-0.25, -0.2) is 9.37 Å². The number of likely N-dealkylation sites (tertiary alicyclic amines) is 1. The lowest BCUT2D eigenvalue weighted by molar-refractivity contribution is 0.193. The highest BCUT2D eigenvalue weighted by Gasteiger charge is 2.27. The first kappa shape index (κ1) is 26.1. The third-order valence-corrected chi connectivity index (χ3v) is 7.59. The first-order valence-electron chi connectivity index (χ1n) is 13.5. The van der Waals surface area contributed by atoms with Gasteiger partial charge < -0.3 is 0 Å². The maximum absolute atomic E-state index is 14.6. The Morgan fingerprint density at radius 3 is 2.37 bits per heavy atom. The molecule has 38 heavy (non-hydrogen) atoms. The highest BCUT2D eigenvalue weighted by Crippen LogP contribution is 2.33. The number of para-hydroxylation sites is 2. The van der Waals surface area contributed by atoms with Crippen LogP contribution in [-0.2, 0) is 6.54 Å². The van der Waals surface area contributed by atoms with Gasteiger partial charge in [0.1, 0.15) is 5.82 Å². The number of aryl methyl sites for hydroxylation is 2. The lowest BCUT2D eigenvalue weighted by Gasteiger charge is -2.32. The zero-order valence-corrected chi connectivity index (χ0v) is 22.9. The lowest BCUT2D eigenvalue weighted by atomic mass is 9.93. The van der Waals surface area contributed by atoms with Crippen LogP contribution in [-0.4, -0.2) is 33.3 Å². The van der Waals surface area contributed by atoms with Crippen molar-refractivity contribution in [2.45, 2.75) is 59.3 Å². The molecule has 1 aromatic heterocycles. The summed E-state index contributed by atoms with van der Waals surface area (Å²) in [6, 6.07) is 23.0. The van der Waals surface area contributed by atoms with Crippen LogP contribution in [0, 0.1) is 13.8 Å². The summed E-state index contributed by atoms with van der Waals surface area (Å²) in [5, 5.41) is 0. The molecule has 5 rings (SSSR count). The predicted molar refractivity (Wildman–Crippen MR) is 156 cm³/mol. The Labute approximate surface area is 225 Å². The number of aromatic nitrogens is 2. The molecule has 4 nitrogen and oxygen atoms in total. The second kappa shape index (κ2) is 11.0. The standard InChI is InChI=1S/C33H37FN4/c1-22(2)35-32(28-11-7-6-10-23(28)3)29-15-14-26(20-24(29)4)21-37-18-16-27(17-19-37)33-36-30-12-8-9-13-31(30)38(33)25(5)34/h6-15,20,25,27H,1,16-19,21H2,2-5H3. The maximum atomic E-state index is 14.6. The van der Waals surface area contributed by atoms with Gasteiger partial charge in [-0.05, 0) is 82.4 Å². The molecule has 1 aliphatic heterocycles. The Morgan fingerprint density at radius 1 is 1.00 bits per heavy atom. The molecule has 196 valence electrons. The monoisotopic (exact) mass is 508 g/mol. The van der Waals surface area contributed by atoms with E-state index in [1.165, 1.54) is 16.7 Å². The molecule has 1 saturated heterocycles. The number of piperidine rings is 1. The number of nitrogens with zero attached hydrogens (tertiary/aromatic N) is 4. The summed E-state index contributed by atoms with van der Waals surface area (Å²) in [6.07, 6.45) is 0.876. The SMILES string of the molecule is C=C(C)N=C(c1ccccc1C)c1ccc(CN2CCC(c3nc4ccccc4n3C(C)F)CC2)cc1C. The van der Waals surface area contributed by atoms with Crippen molar-refractivity contribution in [3.05, 3.63) is 113 Å². The highest BCUT2D eigenvalue weighted by atomic mass is 19.1. The van der Waals surface area contributed by atoms with Gasteiger partial charge in [-0.1, -0.05) is 61.2 Å². The number of hydrogen-bond donors (Lipinski definition) is 0. The summed E-state index contributed by atoms with van der Waals surface area (Å²) in [7, 11) is 0. The second-order valence-electron chi connectivity index (χ2n) is 10.6. The number of alkyl halides is 1. The highest BCUT2D eigenvalue weighted by molar-refractivity contribution is 6.15. The Bertz CT molecular complexity index is 1490. The second-order valence-corrected chi connectivity index (χ2v) is 10.6. The van der Waals surface area contributed by atoms with Crippen LogP contribution in [0.1, 0.15) is 72.5 Å². The van der Waals surface area contributed by atoms with E-state index in [0.717, 1.165) is 71.9 Å². The van der Waals surface area contributed by atoms with Gasteiger partial charge >= 0.3 is 0 Å². The van der Waals surface area contributed by atoms with Crippen LogP contribution >= 0.6 is 0 Å². The minimum Gasteiger partial charge on any atom is -0.299 e. The largest absolute Gasteiger partial charge is 0.299 e. The quantitative estimate of drug-likeness (QED) is 0.238. The molecule has 0 radical (unpaired) electrons. The zero-order valence-electron chi connectivity index (χ0n) is 22.9. The Kier molecular flexibility index (Phi) is 7.57. The average Bonchev–Trinajstić information content (AvgIpc) is 3.28. The minimum absolute atomic E-state index is 0.274. The molecular weight excluding hydrogens is 471 g/mol. The van der Waals surface area contributed by atoms with E-state index in [1.807, 2.05) is 31.2 Å². The van der Waals surface area contributed by atoms with Crippen molar-refractivity contribution in [2.75, 3.05) is 13.1 Å². The van der Waals surface area contributed by atoms with Gasteiger partial charge in [0, 0.05) is 29.3 Å². The van der Waals surface area contributed by atoms with E-state index in [4.69, 9.17) is 9.98 Å². The fraction of sp³-hybridized carbons (Fsp3) is 0.333.